The van der Waals surface area contributed by atoms with Crippen LogP contribution >= 0.6 is 23.2 Å². The van der Waals surface area contributed by atoms with E-state index in [2.05, 4.69) is 15.6 Å². The molecule has 0 radical (unpaired) electrons. The third-order valence-corrected chi connectivity index (χ3v) is 5.33. The topological polar surface area (TPSA) is 123 Å². The minimum Gasteiger partial charge on any atom is -0.384 e. The van der Waals surface area contributed by atoms with Gasteiger partial charge >= 0.3 is 0 Å². The Morgan fingerprint density at radius 1 is 1.07 bits per heavy atom. The van der Waals surface area contributed by atoms with E-state index >= 15 is 0 Å². The average Bonchev–Trinajstić information content (AvgIpc) is 2.68. The summed E-state index contributed by atoms with van der Waals surface area (Å²) < 4.78 is 0. The van der Waals surface area contributed by atoms with Crippen LogP contribution in [0.3, 0.4) is 0 Å². The average molecular weight is 452 g/mol. The minimum absolute atomic E-state index is 0.227. The normalized spacial score (nSPS) is 13.4. The molecule has 0 spiro atoms. The number of rotatable bonds is 7. The molecule has 0 aliphatic carbocycles. The van der Waals surface area contributed by atoms with Gasteiger partial charge in [0.05, 0.1) is 16.1 Å². The van der Waals surface area contributed by atoms with E-state index in [0.29, 0.717) is 15.9 Å². The Balaban J connectivity index is 2.15. The summed E-state index contributed by atoms with van der Waals surface area (Å²) in [6, 6.07) is 6.88. The first-order valence-corrected chi connectivity index (χ1v) is 10.2. The molecule has 2 amide bonds. The summed E-state index contributed by atoms with van der Waals surface area (Å²) >= 11 is 12.1. The molecule has 0 saturated carbocycles. The Bertz CT molecular complexity index is 897. The summed E-state index contributed by atoms with van der Waals surface area (Å²) in [5, 5.41) is 6.36. The Morgan fingerprint density at radius 3 is 2.30 bits per heavy atom. The van der Waals surface area contributed by atoms with Gasteiger partial charge in [-0.2, -0.15) is 0 Å². The fraction of sp³-hybridized carbons (Fsp3) is 0.381. The number of benzene rings is 1. The van der Waals surface area contributed by atoms with Crippen molar-refractivity contribution in [3.05, 3.63) is 57.7 Å². The second-order valence-corrected chi connectivity index (χ2v) is 8.98. The molecular weight excluding hydrogens is 425 g/mol. The molecule has 0 bridgehead atoms. The molecule has 1 unspecified atom stereocenters. The van der Waals surface area contributed by atoms with Gasteiger partial charge in [0, 0.05) is 19.2 Å². The number of nitrogens with two attached hydrogens (primary N) is 2. The van der Waals surface area contributed by atoms with Gasteiger partial charge in [-0.3, -0.25) is 9.59 Å². The zero-order valence-corrected chi connectivity index (χ0v) is 18.7. The van der Waals surface area contributed by atoms with Gasteiger partial charge in [-0.05, 0) is 34.7 Å². The van der Waals surface area contributed by atoms with E-state index in [1.54, 1.807) is 36.5 Å². The van der Waals surface area contributed by atoms with Crippen LogP contribution in [0.4, 0.5) is 5.82 Å². The van der Waals surface area contributed by atoms with E-state index in [4.69, 9.17) is 34.7 Å². The third-order valence-electron chi connectivity index (χ3n) is 4.59. The second kappa shape index (κ2) is 10.1. The van der Waals surface area contributed by atoms with E-state index in [1.165, 1.54) is 0 Å². The van der Waals surface area contributed by atoms with Crippen LogP contribution in [0.25, 0.3) is 0 Å². The van der Waals surface area contributed by atoms with Gasteiger partial charge in [-0.1, -0.05) is 56.1 Å². The lowest BCUT2D eigenvalue weighted by Crippen LogP contribution is -2.55. The number of anilines is 1. The van der Waals surface area contributed by atoms with Crippen molar-refractivity contribution < 1.29 is 9.59 Å². The number of nitrogens with one attached hydrogen (secondary N) is 2. The molecule has 0 aliphatic heterocycles. The van der Waals surface area contributed by atoms with Crippen LogP contribution in [-0.4, -0.2) is 28.9 Å². The molecule has 9 heteroatoms. The fourth-order valence-electron chi connectivity index (χ4n) is 2.62. The number of carbonyl (C=O) groups excluding carboxylic acids is 2. The summed E-state index contributed by atoms with van der Waals surface area (Å²) in [4.78, 5) is 29.5. The number of hydrogen-bond acceptors (Lipinski definition) is 5. The summed E-state index contributed by atoms with van der Waals surface area (Å²) in [5.41, 5.74) is 12.7. The standard InChI is InChI=1S/C21H27Cl2N5O2/c1-21(2,3)18(25)20(30)28-16(9-12-4-6-14(22)15(23)8-12)19(29)27-11-13-5-7-17(24)26-10-13/h4-8,10,16,18H,9,11,25H2,1-3H3,(H2,24,26)(H,27,29)(H,28,30)/t16-,18?/m0/s1. The Hall–Kier alpha value is -2.35. The van der Waals surface area contributed by atoms with Crippen molar-refractivity contribution in [2.24, 2.45) is 11.1 Å². The van der Waals surface area contributed by atoms with Crippen LogP contribution in [0.2, 0.25) is 10.0 Å². The van der Waals surface area contributed by atoms with Crippen LogP contribution in [0.1, 0.15) is 31.9 Å². The smallest absolute Gasteiger partial charge is 0.243 e. The van der Waals surface area contributed by atoms with E-state index in [9.17, 15) is 9.59 Å². The molecule has 0 saturated heterocycles. The zero-order chi connectivity index (χ0) is 22.5. The van der Waals surface area contributed by atoms with Gasteiger partial charge < -0.3 is 22.1 Å². The highest BCUT2D eigenvalue weighted by molar-refractivity contribution is 6.42. The first-order chi connectivity index (χ1) is 14.0. The molecule has 162 valence electrons. The number of nitrogen functional groups attached to an aromatic ring is 1. The van der Waals surface area contributed by atoms with Gasteiger partial charge in [0.2, 0.25) is 11.8 Å². The maximum absolute atomic E-state index is 12.9. The number of aromatic nitrogens is 1. The van der Waals surface area contributed by atoms with Crippen molar-refractivity contribution in [1.82, 2.24) is 15.6 Å². The fourth-order valence-corrected chi connectivity index (χ4v) is 2.94. The predicted molar refractivity (Wildman–Crippen MR) is 120 cm³/mol. The number of pyridine rings is 1. The molecule has 1 aromatic carbocycles. The van der Waals surface area contributed by atoms with Crippen molar-refractivity contribution in [3.8, 4) is 0 Å². The number of hydrogen-bond donors (Lipinski definition) is 4. The highest BCUT2D eigenvalue weighted by Crippen LogP contribution is 2.23. The number of nitrogens with zero attached hydrogens (tertiary/aromatic N) is 1. The van der Waals surface area contributed by atoms with Gasteiger partial charge in [0.25, 0.3) is 0 Å². The van der Waals surface area contributed by atoms with Crippen LogP contribution in [0.15, 0.2) is 36.5 Å². The summed E-state index contributed by atoms with van der Waals surface area (Å²) in [6.07, 6.45) is 1.81. The molecule has 6 N–H and O–H groups in total. The molecule has 7 nitrogen and oxygen atoms in total. The summed E-state index contributed by atoms with van der Waals surface area (Å²) in [5.74, 6) is -0.366. The molecule has 2 atom stereocenters. The largest absolute Gasteiger partial charge is 0.384 e. The number of carbonyl (C=O) groups is 2. The second-order valence-electron chi connectivity index (χ2n) is 8.17. The van der Waals surface area contributed by atoms with Crippen molar-refractivity contribution in [2.75, 3.05) is 5.73 Å². The van der Waals surface area contributed by atoms with E-state index < -0.39 is 23.4 Å². The number of amides is 2. The molecule has 30 heavy (non-hydrogen) atoms. The highest BCUT2D eigenvalue weighted by atomic mass is 35.5. The van der Waals surface area contributed by atoms with E-state index in [-0.39, 0.29) is 18.9 Å². The molecule has 1 aromatic heterocycles. The summed E-state index contributed by atoms with van der Waals surface area (Å²) in [7, 11) is 0. The zero-order valence-electron chi connectivity index (χ0n) is 17.2. The van der Waals surface area contributed by atoms with Gasteiger partial charge in [0.1, 0.15) is 11.9 Å². The maximum atomic E-state index is 12.9. The monoisotopic (exact) mass is 451 g/mol. The first-order valence-electron chi connectivity index (χ1n) is 9.45. The lowest BCUT2D eigenvalue weighted by molar-refractivity contribution is -0.130. The van der Waals surface area contributed by atoms with Crippen molar-refractivity contribution in [1.29, 1.82) is 0 Å². The first kappa shape index (κ1) is 23.9. The molecule has 1 heterocycles. The Kier molecular flexibility index (Phi) is 8.06. The van der Waals surface area contributed by atoms with Crippen LogP contribution in [0.5, 0.6) is 0 Å². The third kappa shape index (κ3) is 6.86. The van der Waals surface area contributed by atoms with Crippen LogP contribution in [0, 0.1) is 5.41 Å². The van der Waals surface area contributed by atoms with Crippen LogP contribution < -0.4 is 22.1 Å². The SMILES string of the molecule is CC(C)(C)C(N)C(=O)N[C@@H](Cc1ccc(Cl)c(Cl)c1)C(=O)NCc1ccc(N)nc1. The van der Waals surface area contributed by atoms with Crippen molar-refractivity contribution in [3.63, 3.8) is 0 Å². The lowest BCUT2D eigenvalue weighted by Gasteiger charge is -2.28. The molecule has 0 aliphatic rings. The molecule has 2 aromatic rings. The highest BCUT2D eigenvalue weighted by Gasteiger charge is 2.30. The lowest BCUT2D eigenvalue weighted by atomic mass is 9.86. The predicted octanol–water partition coefficient (Wildman–Crippen LogP) is 2.69. The van der Waals surface area contributed by atoms with Crippen LogP contribution in [-0.2, 0) is 22.6 Å². The Labute approximate surface area is 186 Å². The molecule has 0 fully saturated rings. The quantitative estimate of drug-likeness (QED) is 0.515. The Morgan fingerprint density at radius 2 is 1.73 bits per heavy atom. The van der Waals surface area contributed by atoms with Gasteiger partial charge in [-0.15, -0.1) is 0 Å². The van der Waals surface area contributed by atoms with Crippen molar-refractivity contribution in [2.45, 2.75) is 45.8 Å². The van der Waals surface area contributed by atoms with E-state index in [1.807, 2.05) is 20.8 Å². The van der Waals surface area contributed by atoms with Crippen molar-refractivity contribution >= 4 is 40.8 Å². The van der Waals surface area contributed by atoms with Gasteiger partial charge in [-0.25, -0.2) is 4.98 Å². The minimum atomic E-state index is -0.843. The summed E-state index contributed by atoms with van der Waals surface area (Å²) in [6.45, 7) is 5.82. The molecular formula is C21H27Cl2N5O2. The maximum Gasteiger partial charge on any atom is 0.243 e. The van der Waals surface area contributed by atoms with E-state index in [0.717, 1.165) is 11.1 Å². The number of halogens is 2. The van der Waals surface area contributed by atoms with Gasteiger partial charge in [0.15, 0.2) is 0 Å². The molecule has 2 rings (SSSR count).